The molecule has 0 radical (unpaired) electrons. The normalized spacial score (nSPS) is 23.7. The van der Waals surface area contributed by atoms with Crippen LogP contribution in [0.1, 0.15) is 38.2 Å². The Labute approximate surface area is 118 Å². The van der Waals surface area contributed by atoms with Gasteiger partial charge in [-0.2, -0.15) is 0 Å². The number of rotatable bonds is 3. The molecule has 1 aliphatic rings. The van der Waals surface area contributed by atoms with Crippen LogP contribution < -0.4 is 10.5 Å². The van der Waals surface area contributed by atoms with Crippen LogP contribution in [0, 0.1) is 5.92 Å². The first kappa shape index (κ1) is 13.6. The molecule has 0 saturated heterocycles. The second-order valence-electron chi connectivity index (χ2n) is 5.02. The summed E-state index contributed by atoms with van der Waals surface area (Å²) < 4.78 is 5.97. The number of halogens is 1. The maximum absolute atomic E-state index is 6.12. The molecule has 0 aliphatic heterocycles. The highest BCUT2D eigenvalue weighted by Gasteiger charge is 2.20. The predicted octanol–water partition coefficient (Wildman–Crippen LogP) is 3.93. The van der Waals surface area contributed by atoms with Crippen molar-refractivity contribution in [3.63, 3.8) is 0 Å². The van der Waals surface area contributed by atoms with Crippen molar-refractivity contribution in [3.05, 3.63) is 28.8 Å². The highest BCUT2D eigenvalue weighted by Crippen LogP contribution is 2.29. The summed E-state index contributed by atoms with van der Waals surface area (Å²) in [5.41, 5.74) is 6.28. The van der Waals surface area contributed by atoms with Crippen LogP contribution in [-0.2, 0) is 0 Å². The van der Waals surface area contributed by atoms with Crippen molar-refractivity contribution in [2.45, 2.75) is 38.7 Å². The molecule has 0 spiro atoms. The fraction of sp³-hybridized carbons (Fsp3) is 0.500. The second-order valence-corrected chi connectivity index (χ2v) is 5.86. The first-order valence-electron chi connectivity index (χ1n) is 6.32. The van der Waals surface area contributed by atoms with Crippen LogP contribution in [0.25, 0.3) is 0 Å². The van der Waals surface area contributed by atoms with Gasteiger partial charge in [-0.1, -0.05) is 37.2 Å². The van der Waals surface area contributed by atoms with Crippen LogP contribution in [0.4, 0.5) is 0 Å². The quantitative estimate of drug-likeness (QED) is 0.854. The van der Waals surface area contributed by atoms with Crippen LogP contribution in [0.2, 0.25) is 5.02 Å². The van der Waals surface area contributed by atoms with Crippen molar-refractivity contribution in [1.29, 1.82) is 0 Å². The Balaban J connectivity index is 2.05. The largest absolute Gasteiger partial charge is 0.490 e. The monoisotopic (exact) mass is 283 g/mol. The molecule has 0 bridgehead atoms. The Bertz CT molecular complexity index is 449. The molecule has 18 heavy (non-hydrogen) atoms. The summed E-state index contributed by atoms with van der Waals surface area (Å²) >= 11 is 11.0. The van der Waals surface area contributed by atoms with E-state index in [-0.39, 0.29) is 0 Å². The van der Waals surface area contributed by atoms with Gasteiger partial charge >= 0.3 is 0 Å². The Morgan fingerprint density at radius 3 is 2.83 bits per heavy atom. The van der Waals surface area contributed by atoms with Gasteiger partial charge in [-0.25, -0.2) is 0 Å². The second kappa shape index (κ2) is 5.89. The Hall–Kier alpha value is -0.800. The minimum absolute atomic E-state index is 0.306. The number of benzene rings is 1. The maximum Gasteiger partial charge on any atom is 0.121 e. The first-order chi connectivity index (χ1) is 8.56. The van der Waals surface area contributed by atoms with Gasteiger partial charge in [0.2, 0.25) is 0 Å². The van der Waals surface area contributed by atoms with Crippen molar-refractivity contribution in [3.8, 4) is 5.75 Å². The number of nitrogens with two attached hydrogens (primary N) is 1. The van der Waals surface area contributed by atoms with Crippen LogP contribution in [0.3, 0.4) is 0 Å². The summed E-state index contributed by atoms with van der Waals surface area (Å²) in [5, 5.41) is 0.559. The highest BCUT2D eigenvalue weighted by atomic mass is 35.5. The molecule has 4 heteroatoms. The van der Waals surface area contributed by atoms with Gasteiger partial charge in [-0.05, 0) is 43.4 Å². The summed E-state index contributed by atoms with van der Waals surface area (Å²) in [6.45, 7) is 2.28. The van der Waals surface area contributed by atoms with Gasteiger partial charge in [-0.3, -0.25) is 0 Å². The smallest absolute Gasteiger partial charge is 0.121 e. The molecule has 1 aromatic carbocycles. The third kappa shape index (κ3) is 3.36. The van der Waals surface area contributed by atoms with Gasteiger partial charge in [0, 0.05) is 5.56 Å². The van der Waals surface area contributed by atoms with E-state index in [1.807, 2.05) is 12.1 Å². The number of thiocarbonyl (C=S) groups is 1. The zero-order valence-electron chi connectivity index (χ0n) is 10.5. The third-order valence-corrected chi connectivity index (χ3v) is 3.93. The molecule has 2 nitrogen and oxygen atoms in total. The molecule has 2 N–H and O–H groups in total. The summed E-state index contributed by atoms with van der Waals surface area (Å²) in [5.74, 6) is 1.55. The van der Waals surface area contributed by atoms with E-state index in [4.69, 9.17) is 34.3 Å². The molecule has 1 aromatic rings. The van der Waals surface area contributed by atoms with Crippen molar-refractivity contribution in [1.82, 2.24) is 0 Å². The number of hydrogen-bond donors (Lipinski definition) is 1. The molecule has 0 aromatic heterocycles. The fourth-order valence-electron chi connectivity index (χ4n) is 2.45. The predicted molar refractivity (Wildman–Crippen MR) is 79.4 cm³/mol. The molecule has 2 unspecified atom stereocenters. The van der Waals surface area contributed by atoms with E-state index in [1.54, 1.807) is 6.07 Å². The Morgan fingerprint density at radius 1 is 1.44 bits per heavy atom. The molecule has 2 rings (SSSR count). The zero-order chi connectivity index (χ0) is 13.1. The lowest BCUT2D eigenvalue weighted by Crippen LogP contribution is -2.24. The lowest BCUT2D eigenvalue weighted by Gasteiger charge is -2.27. The highest BCUT2D eigenvalue weighted by molar-refractivity contribution is 7.80. The van der Waals surface area contributed by atoms with Crippen LogP contribution in [-0.4, -0.2) is 11.1 Å². The lowest BCUT2D eigenvalue weighted by atomic mass is 9.89. The Morgan fingerprint density at radius 2 is 2.22 bits per heavy atom. The van der Waals surface area contributed by atoms with Gasteiger partial charge < -0.3 is 10.5 Å². The molecular weight excluding hydrogens is 266 g/mol. The van der Waals surface area contributed by atoms with E-state index in [0.29, 0.717) is 21.7 Å². The molecular formula is C14H18ClNOS. The summed E-state index contributed by atoms with van der Waals surface area (Å²) in [7, 11) is 0. The third-order valence-electron chi connectivity index (χ3n) is 3.40. The van der Waals surface area contributed by atoms with E-state index in [2.05, 4.69) is 6.92 Å². The molecule has 1 saturated carbocycles. The van der Waals surface area contributed by atoms with Crippen LogP contribution >= 0.6 is 23.8 Å². The van der Waals surface area contributed by atoms with E-state index in [1.165, 1.54) is 12.8 Å². The maximum atomic E-state index is 6.12. The standard InChI is InChI=1S/C14H18ClNOS/c1-9-3-2-4-10(7-9)17-11-5-6-12(14(16)18)13(15)8-11/h5-6,8-10H,2-4,7H2,1H3,(H2,16,18). The SMILES string of the molecule is CC1CCCC(Oc2ccc(C(N)=S)c(Cl)c2)C1. The topological polar surface area (TPSA) is 35.2 Å². The van der Waals surface area contributed by atoms with Crippen LogP contribution in [0.5, 0.6) is 5.75 Å². The van der Waals surface area contributed by atoms with Crippen molar-refractivity contribution < 1.29 is 4.74 Å². The van der Waals surface area contributed by atoms with Crippen molar-refractivity contribution in [2.75, 3.05) is 0 Å². The van der Waals surface area contributed by atoms with Gasteiger partial charge in [0.25, 0.3) is 0 Å². The fourth-order valence-corrected chi connectivity index (χ4v) is 2.95. The van der Waals surface area contributed by atoms with Gasteiger partial charge in [0.05, 0.1) is 11.1 Å². The average molecular weight is 284 g/mol. The van der Waals surface area contributed by atoms with Gasteiger partial charge in [0.15, 0.2) is 0 Å². The van der Waals surface area contributed by atoms with Crippen molar-refractivity contribution in [2.24, 2.45) is 11.7 Å². The molecule has 0 amide bonds. The lowest BCUT2D eigenvalue weighted by molar-refractivity contribution is 0.129. The summed E-state index contributed by atoms with van der Waals surface area (Å²) in [4.78, 5) is 0.317. The van der Waals surface area contributed by atoms with Gasteiger partial charge in [-0.15, -0.1) is 0 Å². The van der Waals surface area contributed by atoms with E-state index in [0.717, 1.165) is 24.5 Å². The molecule has 1 aliphatic carbocycles. The Kier molecular flexibility index (Phi) is 4.46. The van der Waals surface area contributed by atoms with E-state index < -0.39 is 0 Å². The molecule has 1 fully saturated rings. The molecule has 0 heterocycles. The number of hydrogen-bond acceptors (Lipinski definition) is 2. The first-order valence-corrected chi connectivity index (χ1v) is 7.11. The molecule has 2 atom stereocenters. The summed E-state index contributed by atoms with van der Waals surface area (Å²) in [6, 6.07) is 5.52. The average Bonchev–Trinajstić information content (AvgIpc) is 2.28. The van der Waals surface area contributed by atoms with Gasteiger partial charge in [0.1, 0.15) is 10.7 Å². The molecule has 98 valence electrons. The number of ether oxygens (including phenoxy) is 1. The van der Waals surface area contributed by atoms with Crippen LogP contribution in [0.15, 0.2) is 18.2 Å². The van der Waals surface area contributed by atoms with E-state index >= 15 is 0 Å². The minimum atomic E-state index is 0.306. The van der Waals surface area contributed by atoms with E-state index in [9.17, 15) is 0 Å². The zero-order valence-corrected chi connectivity index (χ0v) is 12.1. The minimum Gasteiger partial charge on any atom is -0.490 e. The van der Waals surface area contributed by atoms with Crippen molar-refractivity contribution >= 4 is 28.8 Å². The summed E-state index contributed by atoms with van der Waals surface area (Å²) in [6.07, 6.45) is 5.10.